The number of aromatic nitrogens is 1. The monoisotopic (exact) mass is 463 g/mol. The van der Waals surface area contributed by atoms with Gasteiger partial charge in [0, 0.05) is 10.6 Å². The molecule has 1 aliphatic carbocycles. The van der Waals surface area contributed by atoms with E-state index in [-0.39, 0.29) is 33.6 Å². The molecule has 31 heavy (non-hydrogen) atoms. The Morgan fingerprint density at radius 1 is 1.45 bits per heavy atom. The predicted molar refractivity (Wildman–Crippen MR) is 116 cm³/mol. The number of carbonyl (C=O) groups is 3. The van der Waals surface area contributed by atoms with Gasteiger partial charge < -0.3 is 21.0 Å². The summed E-state index contributed by atoms with van der Waals surface area (Å²) in [6.07, 6.45) is 7.90. The highest BCUT2D eigenvalue weighted by molar-refractivity contribution is 8.00. The third kappa shape index (κ3) is 4.30. The second-order valence-corrected chi connectivity index (χ2v) is 9.65. The Bertz CT molecular complexity index is 1000. The van der Waals surface area contributed by atoms with Crippen LogP contribution in [0.15, 0.2) is 34.5 Å². The molecule has 1 aromatic heterocycles. The van der Waals surface area contributed by atoms with Crippen molar-refractivity contribution >= 4 is 51.7 Å². The van der Waals surface area contributed by atoms with E-state index in [9.17, 15) is 19.5 Å². The van der Waals surface area contributed by atoms with E-state index in [0.717, 1.165) is 30.6 Å². The van der Waals surface area contributed by atoms with E-state index in [0.29, 0.717) is 0 Å². The number of amides is 2. The molecule has 0 bridgehead atoms. The molecule has 1 aromatic rings. The van der Waals surface area contributed by atoms with E-state index in [2.05, 4.69) is 15.5 Å². The van der Waals surface area contributed by atoms with Crippen molar-refractivity contribution in [2.45, 2.75) is 49.0 Å². The summed E-state index contributed by atoms with van der Waals surface area (Å²) in [5, 5.41) is 17.3. The first-order chi connectivity index (χ1) is 14.8. The number of nitrogen functional groups attached to an aromatic ring is 1. The quantitative estimate of drug-likeness (QED) is 0.248. The van der Waals surface area contributed by atoms with Crippen molar-refractivity contribution in [3.05, 3.63) is 35.0 Å². The number of oxime groups is 1. The van der Waals surface area contributed by atoms with Crippen molar-refractivity contribution in [3.8, 4) is 0 Å². The zero-order chi connectivity index (χ0) is 22.1. The van der Waals surface area contributed by atoms with Gasteiger partial charge in [-0.1, -0.05) is 11.2 Å². The Balaban J connectivity index is 1.52. The Labute approximate surface area is 186 Å². The van der Waals surface area contributed by atoms with Gasteiger partial charge in [0.1, 0.15) is 28.9 Å². The highest BCUT2D eigenvalue weighted by Gasteiger charge is 2.54. The van der Waals surface area contributed by atoms with E-state index in [1.807, 2.05) is 19.1 Å². The summed E-state index contributed by atoms with van der Waals surface area (Å²) in [7, 11) is 0. The molecule has 0 saturated carbocycles. The highest BCUT2D eigenvalue weighted by atomic mass is 32.2. The minimum atomic E-state index is -1.18. The molecule has 4 rings (SSSR count). The van der Waals surface area contributed by atoms with Gasteiger partial charge in [0.25, 0.3) is 11.8 Å². The Morgan fingerprint density at radius 2 is 2.26 bits per heavy atom. The normalized spacial score (nSPS) is 27.8. The summed E-state index contributed by atoms with van der Waals surface area (Å²) in [6, 6.07) is -0.876. The number of hydrogen-bond donors (Lipinski definition) is 3. The van der Waals surface area contributed by atoms with Gasteiger partial charge in [0.15, 0.2) is 10.8 Å². The van der Waals surface area contributed by atoms with Gasteiger partial charge in [0.2, 0.25) is 0 Å². The number of fused-ring (bicyclic) bond motifs is 1. The summed E-state index contributed by atoms with van der Waals surface area (Å²) in [5.41, 5.74) is 5.80. The molecule has 3 aliphatic rings. The lowest BCUT2D eigenvalue weighted by molar-refractivity contribution is -0.150. The topological polar surface area (TPSA) is 147 Å². The maximum Gasteiger partial charge on any atom is 0.352 e. The van der Waals surface area contributed by atoms with Crippen LogP contribution in [-0.2, 0) is 19.2 Å². The van der Waals surface area contributed by atoms with Gasteiger partial charge >= 0.3 is 5.97 Å². The summed E-state index contributed by atoms with van der Waals surface area (Å²) in [5.74, 6) is -2.30. The van der Waals surface area contributed by atoms with Crippen molar-refractivity contribution < 1.29 is 24.3 Å². The molecule has 164 valence electrons. The fourth-order valence-electron chi connectivity index (χ4n) is 3.53. The van der Waals surface area contributed by atoms with Gasteiger partial charge in [-0.15, -0.1) is 23.1 Å². The second-order valence-electron chi connectivity index (χ2n) is 7.26. The maximum absolute atomic E-state index is 13.0. The number of carboxylic acid groups (broad SMARTS) is 1. The molecule has 4 atom stereocenters. The molecule has 1 fully saturated rings. The number of hydrogen-bond acceptors (Lipinski definition) is 9. The van der Waals surface area contributed by atoms with Crippen LogP contribution in [-0.4, -0.2) is 61.3 Å². The van der Waals surface area contributed by atoms with E-state index in [1.165, 1.54) is 22.7 Å². The third-order valence-corrected chi connectivity index (χ3v) is 7.03. The molecule has 2 aliphatic heterocycles. The van der Waals surface area contributed by atoms with Crippen LogP contribution in [0.5, 0.6) is 0 Å². The van der Waals surface area contributed by atoms with E-state index in [4.69, 9.17) is 10.6 Å². The number of thiazole rings is 1. The molecule has 2 amide bonds. The number of aliphatic carboxylic acids is 1. The number of nitrogens with one attached hydrogen (secondary N) is 1. The van der Waals surface area contributed by atoms with Crippen molar-refractivity contribution in [1.82, 2.24) is 15.2 Å². The number of anilines is 1. The number of thioether (sulfide) groups is 1. The SMILES string of the molecule is CC1C=C(C(=O)O)N2C(=O)C(NC(=O)C(=NOC3C=CCCC3)c3csc(N)n3)[C@H]2S1. The first kappa shape index (κ1) is 21.4. The van der Waals surface area contributed by atoms with Crippen LogP contribution in [0.2, 0.25) is 0 Å². The summed E-state index contributed by atoms with van der Waals surface area (Å²) < 4.78 is 0. The smallest absolute Gasteiger partial charge is 0.352 e. The van der Waals surface area contributed by atoms with E-state index in [1.54, 1.807) is 5.38 Å². The molecule has 4 N–H and O–H groups in total. The molecule has 3 unspecified atom stereocenters. The number of β-lactam (4-membered cyclic amide) rings is 1. The third-order valence-electron chi connectivity index (χ3n) is 5.02. The molecule has 0 radical (unpaired) electrons. The lowest BCUT2D eigenvalue weighted by Gasteiger charge is -2.49. The standard InChI is InChI=1S/C19H21N5O5S2/c1-9-7-12(18(27)28)24-16(26)14(17(24)31-9)22-15(25)13(11-8-30-19(20)21-11)23-29-10-5-3-2-4-6-10/h3,5,7-10,14,17H,2,4,6H2,1H3,(H2,20,21)(H,22,25)(H,27,28)/t9?,10?,14?,17-/m1/s1. The summed E-state index contributed by atoms with van der Waals surface area (Å²) in [4.78, 5) is 47.9. The first-order valence-electron chi connectivity index (χ1n) is 9.71. The number of allylic oxidation sites excluding steroid dienone is 1. The lowest BCUT2D eigenvalue weighted by Crippen LogP contribution is -2.71. The van der Waals surface area contributed by atoms with Crippen molar-refractivity contribution in [2.75, 3.05) is 5.73 Å². The van der Waals surface area contributed by atoms with Gasteiger partial charge in [-0.05, 0) is 38.3 Å². The average molecular weight is 464 g/mol. The Morgan fingerprint density at radius 3 is 2.90 bits per heavy atom. The van der Waals surface area contributed by atoms with Gasteiger partial charge in [-0.3, -0.25) is 14.5 Å². The van der Waals surface area contributed by atoms with Crippen LogP contribution < -0.4 is 11.1 Å². The second kappa shape index (κ2) is 8.71. The van der Waals surface area contributed by atoms with Gasteiger partial charge in [-0.25, -0.2) is 9.78 Å². The molecule has 3 heterocycles. The van der Waals surface area contributed by atoms with Crippen LogP contribution in [0.4, 0.5) is 5.13 Å². The van der Waals surface area contributed by atoms with Crippen molar-refractivity contribution in [1.29, 1.82) is 0 Å². The molecular weight excluding hydrogens is 442 g/mol. The number of carbonyl (C=O) groups excluding carboxylic acids is 2. The first-order valence-corrected chi connectivity index (χ1v) is 11.5. The fourth-order valence-corrected chi connectivity index (χ4v) is 5.40. The summed E-state index contributed by atoms with van der Waals surface area (Å²) in [6.45, 7) is 1.84. The molecule has 12 heteroatoms. The van der Waals surface area contributed by atoms with Crippen molar-refractivity contribution in [2.24, 2.45) is 5.16 Å². The van der Waals surface area contributed by atoms with Crippen LogP contribution >= 0.6 is 23.1 Å². The Hall–Kier alpha value is -2.86. The number of carboxylic acids is 1. The van der Waals surface area contributed by atoms with Crippen molar-refractivity contribution in [3.63, 3.8) is 0 Å². The Kier molecular flexibility index (Phi) is 6.01. The molecule has 1 saturated heterocycles. The number of rotatable bonds is 6. The minimum Gasteiger partial charge on any atom is -0.477 e. The maximum atomic E-state index is 13.0. The van der Waals surface area contributed by atoms with Crippen LogP contribution in [0, 0.1) is 0 Å². The van der Waals surface area contributed by atoms with E-state index < -0.39 is 29.2 Å². The predicted octanol–water partition coefficient (Wildman–Crippen LogP) is 1.31. The van der Waals surface area contributed by atoms with Crippen LogP contribution in [0.1, 0.15) is 31.9 Å². The minimum absolute atomic E-state index is 0.0691. The molecule has 0 aromatic carbocycles. The fraction of sp³-hybridized carbons (Fsp3) is 0.421. The molecular formula is C19H21N5O5S2. The molecule has 10 nitrogen and oxygen atoms in total. The lowest BCUT2D eigenvalue weighted by atomic mass is 10.0. The van der Waals surface area contributed by atoms with Crippen LogP contribution in [0.25, 0.3) is 0 Å². The average Bonchev–Trinajstić information content (AvgIpc) is 3.18. The van der Waals surface area contributed by atoms with Gasteiger partial charge in [0.05, 0.1) is 0 Å². The summed E-state index contributed by atoms with van der Waals surface area (Å²) >= 11 is 2.55. The zero-order valence-electron chi connectivity index (χ0n) is 16.6. The van der Waals surface area contributed by atoms with Crippen LogP contribution in [0.3, 0.4) is 0 Å². The zero-order valence-corrected chi connectivity index (χ0v) is 18.2. The highest BCUT2D eigenvalue weighted by Crippen LogP contribution is 2.40. The van der Waals surface area contributed by atoms with Gasteiger partial charge in [-0.2, -0.15) is 0 Å². The largest absolute Gasteiger partial charge is 0.477 e. The van der Waals surface area contributed by atoms with E-state index >= 15 is 0 Å². The number of nitrogens with two attached hydrogens (primary N) is 1. The number of nitrogens with zero attached hydrogens (tertiary/aromatic N) is 3. The molecule has 0 spiro atoms.